The zero-order chi connectivity index (χ0) is 27.8. The van der Waals surface area contributed by atoms with Crippen molar-refractivity contribution in [2.24, 2.45) is 5.73 Å². The number of allylic oxidation sites excluding steroid dienone is 4. The van der Waals surface area contributed by atoms with Crippen LogP contribution in [0.1, 0.15) is 51.2 Å². The van der Waals surface area contributed by atoms with Gasteiger partial charge in [0.2, 0.25) is 5.91 Å². The Morgan fingerprint density at radius 3 is 1.97 bits per heavy atom. The lowest BCUT2D eigenvalue weighted by atomic mass is 10.2. The predicted molar refractivity (Wildman–Crippen MR) is 152 cm³/mol. The number of carbonyl (C=O) groups is 2. The van der Waals surface area contributed by atoms with Gasteiger partial charge in [0.15, 0.2) is 0 Å². The normalized spacial score (nSPS) is 10.3. The standard InChI is InChI=1S/C19H25NO2.C7H8O.C3H9N.CH2O/c1-5-15(3)14-18(6-2)22-13-7-8-19(21)20-17-11-9-16(4)10-12-17;1-6-2-4-7(8)5-3-6;1-2-3-4;1-2/h5-6,9-12,14H,2,7-8,13H2,1,3-4H3,(H,20,21);2-5,8H,1H3;2-4H2,1H3;1H2/b15-5-,18-14+;;;. The van der Waals surface area contributed by atoms with Crippen LogP contribution in [0.4, 0.5) is 5.69 Å². The van der Waals surface area contributed by atoms with Gasteiger partial charge in [-0.1, -0.05) is 60.5 Å². The lowest BCUT2D eigenvalue weighted by Gasteiger charge is -2.08. The molecule has 198 valence electrons. The van der Waals surface area contributed by atoms with Gasteiger partial charge in [-0.3, -0.25) is 4.79 Å². The van der Waals surface area contributed by atoms with Crippen molar-refractivity contribution in [1.29, 1.82) is 0 Å². The van der Waals surface area contributed by atoms with Gasteiger partial charge in [0.25, 0.3) is 0 Å². The number of nitrogens with two attached hydrogens (primary N) is 1. The molecule has 0 saturated heterocycles. The first-order chi connectivity index (χ1) is 17.2. The van der Waals surface area contributed by atoms with E-state index in [4.69, 9.17) is 20.4 Å². The van der Waals surface area contributed by atoms with Crippen LogP contribution < -0.4 is 11.1 Å². The topological polar surface area (TPSA) is 102 Å². The summed E-state index contributed by atoms with van der Waals surface area (Å²) in [4.78, 5) is 19.8. The SMILES string of the molecule is C=C/C(=C\C(C)=C/C)OCCCC(=O)Nc1ccc(C)cc1.C=O.CCCN.Cc1ccc(O)cc1. The lowest BCUT2D eigenvalue weighted by molar-refractivity contribution is -0.116. The summed E-state index contributed by atoms with van der Waals surface area (Å²) in [5.74, 6) is 1.06. The van der Waals surface area contributed by atoms with E-state index < -0.39 is 0 Å². The van der Waals surface area contributed by atoms with Crippen LogP contribution in [0.5, 0.6) is 5.75 Å². The molecule has 2 rings (SSSR count). The molecule has 0 unspecified atom stereocenters. The van der Waals surface area contributed by atoms with Crippen LogP contribution in [0.2, 0.25) is 0 Å². The number of nitrogens with one attached hydrogen (secondary N) is 1. The molecule has 1 amide bonds. The van der Waals surface area contributed by atoms with Gasteiger partial charge in [0.05, 0.1) is 6.61 Å². The second-order valence-electron chi connectivity index (χ2n) is 7.77. The molecule has 0 saturated carbocycles. The molecule has 36 heavy (non-hydrogen) atoms. The number of phenols is 1. The monoisotopic (exact) mass is 496 g/mol. The van der Waals surface area contributed by atoms with Crippen LogP contribution in [-0.4, -0.2) is 31.0 Å². The number of hydrogen-bond donors (Lipinski definition) is 3. The fourth-order valence-corrected chi connectivity index (χ4v) is 2.30. The first-order valence-electron chi connectivity index (χ1n) is 12.0. The number of aryl methyl sites for hydroxylation is 2. The van der Waals surface area contributed by atoms with E-state index in [1.54, 1.807) is 18.2 Å². The molecular weight excluding hydrogens is 452 g/mol. The molecule has 0 bridgehead atoms. The molecule has 0 aliphatic rings. The Kier molecular flexibility index (Phi) is 22.2. The zero-order valence-electron chi connectivity index (χ0n) is 22.5. The fourth-order valence-electron chi connectivity index (χ4n) is 2.30. The Balaban J connectivity index is 0. The first-order valence-corrected chi connectivity index (χ1v) is 12.0. The summed E-state index contributed by atoms with van der Waals surface area (Å²) in [5, 5.41) is 11.6. The third kappa shape index (κ3) is 19.8. The largest absolute Gasteiger partial charge is 0.508 e. The maximum Gasteiger partial charge on any atom is 0.224 e. The Morgan fingerprint density at radius 2 is 1.56 bits per heavy atom. The van der Waals surface area contributed by atoms with E-state index in [1.807, 2.05) is 83.0 Å². The smallest absolute Gasteiger partial charge is 0.224 e. The average molecular weight is 497 g/mol. The average Bonchev–Trinajstić information content (AvgIpc) is 2.90. The van der Waals surface area contributed by atoms with Gasteiger partial charge in [0.1, 0.15) is 18.3 Å². The minimum Gasteiger partial charge on any atom is -0.508 e. The van der Waals surface area contributed by atoms with Crippen LogP contribution in [0, 0.1) is 13.8 Å². The van der Waals surface area contributed by atoms with Crippen LogP contribution >= 0.6 is 0 Å². The number of amides is 1. The van der Waals surface area contributed by atoms with Gasteiger partial charge in [-0.2, -0.15) is 0 Å². The van der Waals surface area contributed by atoms with Crippen molar-refractivity contribution in [2.45, 2.75) is 53.9 Å². The molecule has 2 aromatic rings. The highest BCUT2D eigenvalue weighted by atomic mass is 16.5. The van der Waals surface area contributed by atoms with E-state index in [2.05, 4.69) is 18.8 Å². The molecule has 0 aliphatic heterocycles. The van der Waals surface area contributed by atoms with E-state index in [9.17, 15) is 4.79 Å². The molecular formula is C30H44N2O4. The van der Waals surface area contributed by atoms with E-state index in [0.29, 0.717) is 25.2 Å². The van der Waals surface area contributed by atoms with Gasteiger partial charge >= 0.3 is 0 Å². The van der Waals surface area contributed by atoms with Crippen molar-refractivity contribution in [3.05, 3.63) is 95.8 Å². The summed E-state index contributed by atoms with van der Waals surface area (Å²) in [7, 11) is 0. The molecule has 6 heteroatoms. The number of ether oxygens (including phenoxy) is 1. The molecule has 0 fully saturated rings. The highest BCUT2D eigenvalue weighted by Gasteiger charge is 2.03. The highest BCUT2D eigenvalue weighted by Crippen LogP contribution is 2.10. The Bertz CT molecular complexity index is 879. The molecule has 0 atom stereocenters. The van der Waals surface area contributed by atoms with Crippen molar-refractivity contribution in [2.75, 3.05) is 18.5 Å². The summed E-state index contributed by atoms with van der Waals surface area (Å²) < 4.78 is 5.60. The summed E-state index contributed by atoms with van der Waals surface area (Å²) in [6.07, 6.45) is 7.80. The van der Waals surface area contributed by atoms with Gasteiger partial charge in [-0.05, 0) is 83.5 Å². The van der Waals surface area contributed by atoms with Gasteiger partial charge in [0, 0.05) is 12.1 Å². The zero-order valence-corrected chi connectivity index (χ0v) is 22.5. The number of hydrogen-bond acceptors (Lipinski definition) is 5. The quantitative estimate of drug-likeness (QED) is 0.205. The van der Waals surface area contributed by atoms with Crippen LogP contribution in [0.25, 0.3) is 0 Å². The number of benzene rings is 2. The molecule has 4 N–H and O–H groups in total. The van der Waals surface area contributed by atoms with Crippen LogP contribution in [-0.2, 0) is 14.3 Å². The summed E-state index contributed by atoms with van der Waals surface area (Å²) >= 11 is 0. The molecule has 0 aliphatic carbocycles. The Labute approximate surface area is 217 Å². The van der Waals surface area contributed by atoms with E-state index in [1.165, 1.54) is 11.1 Å². The van der Waals surface area contributed by atoms with E-state index in [0.717, 1.165) is 30.0 Å². The second kappa shape index (κ2) is 23.1. The minimum absolute atomic E-state index is 0.00113. The van der Waals surface area contributed by atoms with Crippen molar-refractivity contribution in [3.8, 4) is 5.75 Å². The molecule has 0 spiro atoms. The predicted octanol–water partition coefficient (Wildman–Crippen LogP) is 6.64. The fraction of sp³-hybridized carbons (Fsp3) is 0.333. The molecule has 2 aromatic carbocycles. The third-order valence-electron chi connectivity index (χ3n) is 4.50. The van der Waals surface area contributed by atoms with Gasteiger partial charge < -0.3 is 25.7 Å². The number of rotatable bonds is 9. The Hall–Kier alpha value is -3.64. The van der Waals surface area contributed by atoms with Crippen molar-refractivity contribution >= 4 is 18.4 Å². The van der Waals surface area contributed by atoms with E-state index >= 15 is 0 Å². The Morgan fingerprint density at radius 1 is 1.06 bits per heavy atom. The molecule has 0 heterocycles. The number of phenolic OH excluding ortho intramolecular Hbond substituents is 1. The van der Waals surface area contributed by atoms with Crippen molar-refractivity contribution in [3.63, 3.8) is 0 Å². The summed E-state index contributed by atoms with van der Waals surface area (Å²) in [5.41, 5.74) is 9.31. The van der Waals surface area contributed by atoms with Crippen LogP contribution in [0.3, 0.4) is 0 Å². The number of carbonyl (C=O) groups excluding carboxylic acids is 2. The molecule has 0 radical (unpaired) electrons. The maximum absolute atomic E-state index is 11.8. The third-order valence-corrected chi connectivity index (χ3v) is 4.50. The van der Waals surface area contributed by atoms with E-state index in [-0.39, 0.29) is 5.91 Å². The highest BCUT2D eigenvalue weighted by molar-refractivity contribution is 5.90. The van der Waals surface area contributed by atoms with Gasteiger partial charge in [-0.25, -0.2) is 0 Å². The second-order valence-corrected chi connectivity index (χ2v) is 7.77. The maximum atomic E-state index is 11.8. The first kappa shape index (κ1) is 34.5. The number of aromatic hydroxyl groups is 1. The molecule has 0 aromatic heterocycles. The van der Waals surface area contributed by atoms with Gasteiger partial charge in [-0.15, -0.1) is 0 Å². The van der Waals surface area contributed by atoms with Crippen molar-refractivity contribution < 1.29 is 19.4 Å². The van der Waals surface area contributed by atoms with Crippen LogP contribution in [0.15, 0.2) is 84.7 Å². The van der Waals surface area contributed by atoms with Crippen molar-refractivity contribution in [1.82, 2.24) is 0 Å². The summed E-state index contributed by atoms with van der Waals surface area (Å²) in [6.45, 7) is 17.1. The number of anilines is 1. The lowest BCUT2D eigenvalue weighted by Crippen LogP contribution is -2.12. The summed E-state index contributed by atoms with van der Waals surface area (Å²) in [6, 6.07) is 14.9. The molecule has 6 nitrogen and oxygen atoms in total. The minimum atomic E-state index is 0.00113.